The van der Waals surface area contributed by atoms with E-state index in [4.69, 9.17) is 4.74 Å². The summed E-state index contributed by atoms with van der Waals surface area (Å²) in [6, 6.07) is 6.22. The third-order valence-electron chi connectivity index (χ3n) is 3.85. The number of hydrogen-bond donors (Lipinski definition) is 2. The van der Waals surface area contributed by atoms with E-state index in [2.05, 4.69) is 10.4 Å². The molecule has 0 spiro atoms. The van der Waals surface area contributed by atoms with Crippen LogP contribution in [0, 0.1) is 0 Å². The molecule has 0 aliphatic rings. The highest BCUT2D eigenvalue weighted by atomic mass is 16.5. The van der Waals surface area contributed by atoms with Crippen molar-refractivity contribution in [3.05, 3.63) is 45.0 Å². The number of benzene rings is 1. The minimum atomic E-state index is -0.876. The second-order valence-electron chi connectivity index (χ2n) is 7.59. The number of H-pyrrole nitrogens is 1. The van der Waals surface area contributed by atoms with E-state index in [-0.39, 0.29) is 23.2 Å². The number of carbonyl (C=O) groups is 3. The van der Waals surface area contributed by atoms with Crippen molar-refractivity contribution in [2.24, 2.45) is 0 Å². The molecule has 156 valence electrons. The molecule has 0 fully saturated rings. The topological polar surface area (TPSA) is 131 Å². The number of amides is 2. The van der Waals surface area contributed by atoms with Crippen molar-refractivity contribution in [3.63, 3.8) is 0 Å². The van der Waals surface area contributed by atoms with Crippen LogP contribution in [0.1, 0.15) is 20.8 Å². The lowest BCUT2D eigenvalue weighted by molar-refractivity contribution is -0.152. The SMILES string of the molecule is CN(CC(=O)NC(C)(C)C)C(=O)COC(=O)Cn1[nH]c(=O)c2ccccc2c1=O. The number of aromatic amines is 1. The van der Waals surface area contributed by atoms with Crippen LogP contribution in [-0.2, 0) is 25.7 Å². The maximum Gasteiger partial charge on any atom is 0.328 e. The Labute approximate surface area is 166 Å². The number of hydrogen-bond acceptors (Lipinski definition) is 6. The Hall–Kier alpha value is -3.43. The first-order valence-electron chi connectivity index (χ1n) is 8.90. The van der Waals surface area contributed by atoms with Gasteiger partial charge in [-0.05, 0) is 32.9 Å². The van der Waals surface area contributed by atoms with E-state index in [1.165, 1.54) is 19.2 Å². The molecule has 2 N–H and O–H groups in total. The summed E-state index contributed by atoms with van der Waals surface area (Å²) in [6.07, 6.45) is 0. The maximum absolute atomic E-state index is 12.4. The summed E-state index contributed by atoms with van der Waals surface area (Å²) in [5.74, 6) is -1.80. The zero-order valence-corrected chi connectivity index (χ0v) is 16.8. The van der Waals surface area contributed by atoms with Gasteiger partial charge in [0.15, 0.2) is 6.61 Å². The molecule has 1 heterocycles. The Kier molecular flexibility index (Phi) is 6.57. The van der Waals surface area contributed by atoms with Gasteiger partial charge in [0.1, 0.15) is 6.54 Å². The standard InChI is InChI=1S/C19H24N4O6/c1-19(2,3)20-14(24)9-22(4)15(25)11-29-16(26)10-23-18(28)13-8-6-5-7-12(13)17(27)21-23/h5-8H,9-11H2,1-4H3,(H,20,24)(H,21,27). The van der Waals surface area contributed by atoms with Gasteiger partial charge in [0, 0.05) is 12.6 Å². The lowest BCUT2D eigenvalue weighted by atomic mass is 10.1. The predicted octanol–water partition coefficient (Wildman–Crippen LogP) is -0.394. The molecular formula is C19H24N4O6. The highest BCUT2D eigenvalue weighted by Crippen LogP contribution is 2.02. The first kappa shape index (κ1) is 21.9. The van der Waals surface area contributed by atoms with Gasteiger partial charge in [-0.3, -0.25) is 29.1 Å². The van der Waals surface area contributed by atoms with Gasteiger partial charge in [-0.15, -0.1) is 0 Å². The van der Waals surface area contributed by atoms with Gasteiger partial charge >= 0.3 is 5.97 Å². The lowest BCUT2D eigenvalue weighted by Gasteiger charge is -2.23. The molecule has 0 bridgehead atoms. The van der Waals surface area contributed by atoms with Gasteiger partial charge in [-0.2, -0.15) is 0 Å². The van der Waals surface area contributed by atoms with E-state index in [0.717, 1.165) is 9.58 Å². The molecule has 0 saturated carbocycles. The number of rotatable bonds is 6. The molecular weight excluding hydrogens is 380 g/mol. The molecule has 0 aliphatic heterocycles. The third-order valence-corrected chi connectivity index (χ3v) is 3.85. The van der Waals surface area contributed by atoms with Crippen molar-refractivity contribution < 1.29 is 19.1 Å². The van der Waals surface area contributed by atoms with Crippen LogP contribution in [0.5, 0.6) is 0 Å². The van der Waals surface area contributed by atoms with E-state index in [9.17, 15) is 24.0 Å². The number of nitrogens with zero attached hydrogens (tertiary/aromatic N) is 2. The summed E-state index contributed by atoms with van der Waals surface area (Å²) in [5.41, 5.74) is -1.51. The Balaban J connectivity index is 1.95. The van der Waals surface area contributed by atoms with Crippen molar-refractivity contribution in [1.82, 2.24) is 20.0 Å². The number of esters is 1. The number of likely N-dealkylation sites (N-methyl/N-ethyl adjacent to an activating group) is 1. The van der Waals surface area contributed by atoms with E-state index in [1.54, 1.807) is 12.1 Å². The van der Waals surface area contributed by atoms with Gasteiger partial charge in [-0.25, -0.2) is 4.68 Å². The maximum atomic E-state index is 12.4. The molecule has 1 aromatic heterocycles. The Morgan fingerprint density at radius 1 is 1.14 bits per heavy atom. The number of fused-ring (bicyclic) bond motifs is 1. The smallest absolute Gasteiger partial charge is 0.328 e. The monoisotopic (exact) mass is 404 g/mol. The molecule has 0 aliphatic carbocycles. The van der Waals surface area contributed by atoms with Gasteiger partial charge in [-0.1, -0.05) is 12.1 Å². The van der Waals surface area contributed by atoms with E-state index < -0.39 is 41.7 Å². The fourth-order valence-electron chi connectivity index (χ4n) is 2.55. The average Bonchev–Trinajstić information content (AvgIpc) is 2.62. The quantitative estimate of drug-likeness (QED) is 0.631. The van der Waals surface area contributed by atoms with Crippen molar-refractivity contribution in [2.75, 3.05) is 20.2 Å². The molecule has 1 aromatic carbocycles. The second kappa shape index (κ2) is 8.72. The third kappa shape index (κ3) is 6.03. The Morgan fingerprint density at radius 3 is 2.38 bits per heavy atom. The minimum Gasteiger partial charge on any atom is -0.454 e. The Bertz CT molecular complexity index is 1050. The van der Waals surface area contributed by atoms with E-state index in [0.29, 0.717) is 0 Å². The molecule has 2 aromatic rings. The molecule has 0 radical (unpaired) electrons. The van der Waals surface area contributed by atoms with Gasteiger partial charge in [0.25, 0.3) is 17.0 Å². The summed E-state index contributed by atoms with van der Waals surface area (Å²) < 4.78 is 5.71. The summed E-state index contributed by atoms with van der Waals surface area (Å²) in [6.45, 7) is 4.10. The van der Waals surface area contributed by atoms with Gasteiger partial charge in [0.05, 0.1) is 17.3 Å². The van der Waals surface area contributed by atoms with Crippen LogP contribution in [0.15, 0.2) is 33.9 Å². The summed E-state index contributed by atoms with van der Waals surface area (Å²) >= 11 is 0. The number of aromatic nitrogens is 2. The number of nitrogens with one attached hydrogen (secondary N) is 2. The lowest BCUT2D eigenvalue weighted by Crippen LogP contribution is -2.47. The molecule has 0 unspecified atom stereocenters. The first-order chi connectivity index (χ1) is 13.5. The van der Waals surface area contributed by atoms with Crippen LogP contribution >= 0.6 is 0 Å². The summed E-state index contributed by atoms with van der Waals surface area (Å²) in [7, 11) is 1.41. The van der Waals surface area contributed by atoms with Gasteiger partial charge in [0.2, 0.25) is 5.91 Å². The van der Waals surface area contributed by atoms with Gasteiger partial charge < -0.3 is 15.0 Å². The fourth-order valence-corrected chi connectivity index (χ4v) is 2.55. The highest BCUT2D eigenvalue weighted by Gasteiger charge is 2.19. The van der Waals surface area contributed by atoms with Crippen molar-refractivity contribution in [2.45, 2.75) is 32.9 Å². The second-order valence-corrected chi connectivity index (χ2v) is 7.59. The average molecular weight is 404 g/mol. The van der Waals surface area contributed by atoms with Crippen LogP contribution in [-0.4, -0.2) is 58.2 Å². The van der Waals surface area contributed by atoms with Crippen LogP contribution < -0.4 is 16.4 Å². The largest absolute Gasteiger partial charge is 0.454 e. The molecule has 2 rings (SSSR count). The van der Waals surface area contributed by atoms with Crippen LogP contribution in [0.25, 0.3) is 10.8 Å². The molecule has 10 nitrogen and oxygen atoms in total. The summed E-state index contributed by atoms with van der Waals surface area (Å²) in [4.78, 5) is 61.4. The highest BCUT2D eigenvalue weighted by molar-refractivity contribution is 5.86. The Morgan fingerprint density at radius 2 is 1.76 bits per heavy atom. The van der Waals surface area contributed by atoms with Crippen LogP contribution in [0.2, 0.25) is 0 Å². The van der Waals surface area contributed by atoms with E-state index >= 15 is 0 Å². The van der Waals surface area contributed by atoms with Crippen molar-refractivity contribution >= 4 is 28.6 Å². The van der Waals surface area contributed by atoms with Crippen LogP contribution in [0.4, 0.5) is 0 Å². The molecule has 10 heteroatoms. The van der Waals surface area contributed by atoms with Crippen molar-refractivity contribution in [1.29, 1.82) is 0 Å². The molecule has 0 atom stereocenters. The van der Waals surface area contributed by atoms with E-state index in [1.807, 2.05) is 20.8 Å². The minimum absolute atomic E-state index is 0.171. The molecule has 2 amide bonds. The normalized spacial score (nSPS) is 11.2. The molecule has 0 saturated heterocycles. The van der Waals surface area contributed by atoms with Crippen molar-refractivity contribution in [3.8, 4) is 0 Å². The molecule has 29 heavy (non-hydrogen) atoms. The fraction of sp³-hybridized carbons (Fsp3) is 0.421. The first-order valence-corrected chi connectivity index (χ1v) is 8.90. The summed E-state index contributed by atoms with van der Waals surface area (Å²) in [5, 5.41) is 5.41. The van der Waals surface area contributed by atoms with Crippen LogP contribution in [0.3, 0.4) is 0 Å². The zero-order valence-electron chi connectivity index (χ0n) is 16.8. The predicted molar refractivity (Wildman–Crippen MR) is 105 cm³/mol. The zero-order chi connectivity index (χ0) is 21.8. The number of carbonyl (C=O) groups excluding carboxylic acids is 3. The number of ether oxygens (including phenoxy) is 1.